The number of carbonyl (C=O) groups excluding carboxylic acids is 1. The summed E-state index contributed by atoms with van der Waals surface area (Å²) in [4.78, 5) is 15.8. The predicted molar refractivity (Wildman–Crippen MR) is 62.6 cm³/mol. The van der Waals surface area contributed by atoms with Gasteiger partial charge >= 0.3 is 0 Å². The number of thiazole rings is 1. The molecule has 1 N–H and O–H groups in total. The molecular formula is C11H16N2O2S. The Bertz CT molecular complexity index is 334. The summed E-state index contributed by atoms with van der Waals surface area (Å²) in [5.41, 5.74) is 2.19. The summed E-state index contributed by atoms with van der Waals surface area (Å²) >= 11 is 1.44. The fraction of sp³-hybridized carbons (Fsp3) is 0.636. The zero-order valence-corrected chi connectivity index (χ0v) is 10.1. The minimum atomic E-state index is -0.0692. The summed E-state index contributed by atoms with van der Waals surface area (Å²) in [7, 11) is 0. The van der Waals surface area contributed by atoms with E-state index >= 15 is 0 Å². The van der Waals surface area contributed by atoms with Gasteiger partial charge in [-0.25, -0.2) is 4.98 Å². The SMILES string of the molecule is CC(NC(=O)c1cscn1)C1CCOCC1. The Morgan fingerprint density at radius 2 is 2.38 bits per heavy atom. The molecule has 5 heteroatoms. The number of aromatic nitrogens is 1. The van der Waals surface area contributed by atoms with Crippen molar-refractivity contribution in [1.82, 2.24) is 10.3 Å². The largest absolute Gasteiger partial charge is 0.381 e. The van der Waals surface area contributed by atoms with E-state index in [1.54, 1.807) is 10.9 Å². The molecule has 88 valence electrons. The van der Waals surface area contributed by atoms with Gasteiger partial charge < -0.3 is 10.1 Å². The normalized spacial score (nSPS) is 19.3. The van der Waals surface area contributed by atoms with Crippen LogP contribution in [-0.2, 0) is 4.74 Å². The second kappa shape index (κ2) is 5.41. The molecule has 1 aromatic rings. The number of carbonyl (C=O) groups is 1. The first-order valence-corrected chi connectivity index (χ1v) is 6.48. The van der Waals surface area contributed by atoms with Crippen LogP contribution in [0, 0.1) is 5.92 Å². The van der Waals surface area contributed by atoms with Crippen LogP contribution < -0.4 is 5.32 Å². The van der Waals surface area contributed by atoms with Crippen molar-refractivity contribution < 1.29 is 9.53 Å². The van der Waals surface area contributed by atoms with E-state index < -0.39 is 0 Å². The molecule has 4 nitrogen and oxygen atoms in total. The molecule has 0 aliphatic carbocycles. The van der Waals surface area contributed by atoms with E-state index in [4.69, 9.17) is 4.74 Å². The van der Waals surface area contributed by atoms with E-state index in [1.807, 2.05) is 0 Å². The third-order valence-corrected chi connectivity index (χ3v) is 3.58. The zero-order chi connectivity index (χ0) is 11.4. The highest BCUT2D eigenvalue weighted by atomic mass is 32.1. The molecule has 2 heterocycles. The molecule has 1 aliphatic rings. The first-order valence-electron chi connectivity index (χ1n) is 5.54. The Morgan fingerprint density at radius 1 is 1.62 bits per heavy atom. The summed E-state index contributed by atoms with van der Waals surface area (Å²) < 4.78 is 5.30. The first-order chi connectivity index (χ1) is 7.77. The van der Waals surface area contributed by atoms with Crippen molar-refractivity contribution in [2.75, 3.05) is 13.2 Å². The average molecular weight is 240 g/mol. The van der Waals surface area contributed by atoms with Gasteiger partial charge in [-0.2, -0.15) is 0 Å². The summed E-state index contributed by atoms with van der Waals surface area (Å²) in [5.74, 6) is 0.455. The number of nitrogens with one attached hydrogen (secondary N) is 1. The third-order valence-electron chi connectivity index (χ3n) is 3.00. The Hall–Kier alpha value is -0.940. The third kappa shape index (κ3) is 2.80. The van der Waals surface area contributed by atoms with Crippen LogP contribution in [0.1, 0.15) is 30.3 Å². The molecule has 1 saturated heterocycles. The van der Waals surface area contributed by atoms with Crippen molar-refractivity contribution >= 4 is 17.2 Å². The number of hydrogen-bond donors (Lipinski definition) is 1. The second-order valence-electron chi connectivity index (χ2n) is 4.09. The molecule has 1 aromatic heterocycles. The highest BCUT2D eigenvalue weighted by Gasteiger charge is 2.22. The number of rotatable bonds is 3. The minimum Gasteiger partial charge on any atom is -0.381 e. The molecule has 1 amide bonds. The van der Waals surface area contributed by atoms with E-state index in [9.17, 15) is 4.79 Å². The molecule has 0 radical (unpaired) electrons. The Morgan fingerprint density at radius 3 is 3.00 bits per heavy atom. The number of hydrogen-bond acceptors (Lipinski definition) is 4. The van der Waals surface area contributed by atoms with E-state index in [-0.39, 0.29) is 11.9 Å². The summed E-state index contributed by atoms with van der Waals surface area (Å²) in [5, 5.41) is 4.77. The lowest BCUT2D eigenvalue weighted by Crippen LogP contribution is -2.40. The fourth-order valence-electron chi connectivity index (χ4n) is 1.94. The monoisotopic (exact) mass is 240 g/mol. The number of amides is 1. The predicted octanol–water partition coefficient (Wildman–Crippen LogP) is 1.69. The Balaban J connectivity index is 1.86. The number of ether oxygens (including phenoxy) is 1. The van der Waals surface area contributed by atoms with Crippen LogP contribution in [0.3, 0.4) is 0 Å². The molecule has 2 rings (SSSR count). The van der Waals surface area contributed by atoms with Gasteiger partial charge in [-0.15, -0.1) is 11.3 Å². The Labute approximate surface area is 99.0 Å². The molecule has 1 aliphatic heterocycles. The fourth-order valence-corrected chi connectivity index (χ4v) is 2.47. The van der Waals surface area contributed by atoms with Crippen molar-refractivity contribution in [2.24, 2.45) is 5.92 Å². The molecule has 0 spiro atoms. The van der Waals surface area contributed by atoms with Gasteiger partial charge in [0.1, 0.15) is 5.69 Å². The highest BCUT2D eigenvalue weighted by molar-refractivity contribution is 7.07. The molecule has 1 fully saturated rings. The van der Waals surface area contributed by atoms with Crippen LogP contribution in [0.25, 0.3) is 0 Å². The maximum atomic E-state index is 11.8. The van der Waals surface area contributed by atoms with Crippen molar-refractivity contribution in [2.45, 2.75) is 25.8 Å². The lowest BCUT2D eigenvalue weighted by Gasteiger charge is -2.28. The second-order valence-corrected chi connectivity index (χ2v) is 4.80. The Kier molecular flexibility index (Phi) is 3.90. The minimum absolute atomic E-state index is 0.0692. The van der Waals surface area contributed by atoms with E-state index in [0.717, 1.165) is 26.1 Å². The van der Waals surface area contributed by atoms with Crippen LogP contribution >= 0.6 is 11.3 Å². The summed E-state index contributed by atoms with van der Waals surface area (Å²) in [6.45, 7) is 3.67. The highest BCUT2D eigenvalue weighted by Crippen LogP contribution is 2.18. The average Bonchev–Trinajstić information content (AvgIpc) is 2.83. The zero-order valence-electron chi connectivity index (χ0n) is 9.31. The van der Waals surface area contributed by atoms with Crippen molar-refractivity contribution in [3.63, 3.8) is 0 Å². The van der Waals surface area contributed by atoms with Gasteiger partial charge in [-0.1, -0.05) is 0 Å². The van der Waals surface area contributed by atoms with Crippen molar-refractivity contribution in [3.05, 3.63) is 16.6 Å². The van der Waals surface area contributed by atoms with Crippen molar-refractivity contribution in [3.8, 4) is 0 Å². The maximum Gasteiger partial charge on any atom is 0.270 e. The molecule has 1 atom stereocenters. The molecule has 0 bridgehead atoms. The smallest absolute Gasteiger partial charge is 0.270 e. The van der Waals surface area contributed by atoms with Crippen LogP contribution in [0.2, 0.25) is 0 Å². The lowest BCUT2D eigenvalue weighted by molar-refractivity contribution is 0.0537. The lowest BCUT2D eigenvalue weighted by atomic mass is 9.93. The van der Waals surface area contributed by atoms with Gasteiger partial charge in [0.25, 0.3) is 5.91 Å². The van der Waals surface area contributed by atoms with Gasteiger partial charge in [-0.3, -0.25) is 4.79 Å². The van der Waals surface area contributed by atoms with Crippen LogP contribution in [0.15, 0.2) is 10.9 Å². The summed E-state index contributed by atoms with van der Waals surface area (Å²) in [6, 6.07) is 0.193. The van der Waals surface area contributed by atoms with E-state index in [1.165, 1.54) is 11.3 Å². The van der Waals surface area contributed by atoms with Gasteiger partial charge in [0.15, 0.2) is 0 Å². The van der Waals surface area contributed by atoms with E-state index in [0.29, 0.717) is 11.6 Å². The number of nitrogens with zero attached hydrogens (tertiary/aromatic N) is 1. The standard InChI is InChI=1S/C11H16N2O2S/c1-8(9-2-4-15-5-3-9)13-11(14)10-6-16-7-12-10/h6-9H,2-5H2,1H3,(H,13,14). The van der Waals surface area contributed by atoms with Crippen LogP contribution in [0.4, 0.5) is 0 Å². The first kappa shape index (κ1) is 11.5. The van der Waals surface area contributed by atoms with Gasteiger partial charge in [0.2, 0.25) is 0 Å². The van der Waals surface area contributed by atoms with E-state index in [2.05, 4.69) is 17.2 Å². The molecule has 0 saturated carbocycles. The topological polar surface area (TPSA) is 51.2 Å². The van der Waals surface area contributed by atoms with Gasteiger partial charge in [0, 0.05) is 24.6 Å². The summed E-state index contributed by atoms with van der Waals surface area (Å²) in [6.07, 6.45) is 2.05. The molecule has 16 heavy (non-hydrogen) atoms. The van der Waals surface area contributed by atoms with Crippen LogP contribution in [-0.4, -0.2) is 30.1 Å². The molecule has 1 unspecified atom stereocenters. The van der Waals surface area contributed by atoms with Crippen LogP contribution in [0.5, 0.6) is 0 Å². The van der Waals surface area contributed by atoms with Gasteiger partial charge in [-0.05, 0) is 25.7 Å². The molecule has 0 aromatic carbocycles. The quantitative estimate of drug-likeness (QED) is 0.874. The maximum absolute atomic E-state index is 11.8. The van der Waals surface area contributed by atoms with Gasteiger partial charge in [0.05, 0.1) is 5.51 Å². The molecular weight excluding hydrogens is 224 g/mol. The van der Waals surface area contributed by atoms with Crippen molar-refractivity contribution in [1.29, 1.82) is 0 Å².